The fraction of sp³-hybridized carbons (Fsp3) is 0.500. The summed E-state index contributed by atoms with van der Waals surface area (Å²) < 4.78 is 21.9. The number of hydrogen-bond donors (Lipinski definition) is 0. The van der Waals surface area contributed by atoms with Crippen molar-refractivity contribution in [2.24, 2.45) is 5.92 Å². The van der Waals surface area contributed by atoms with Crippen molar-refractivity contribution < 1.29 is 28.5 Å². The average molecular weight is 499 g/mol. The van der Waals surface area contributed by atoms with Crippen molar-refractivity contribution in [3.63, 3.8) is 0 Å². The maximum absolute atomic E-state index is 13.5. The quantitative estimate of drug-likeness (QED) is 0.435. The SMILES string of the molecule is CCCN(C)C(=O)CN1C[C@H](c2ccc(OC)c(OC)c2)[C@@H](C(=O)OCC)[C@@H]1c1ccc(OC)cc1. The Bertz CT molecular complexity index is 1030. The summed E-state index contributed by atoms with van der Waals surface area (Å²) in [6, 6.07) is 13.1. The van der Waals surface area contributed by atoms with Crippen molar-refractivity contribution in [2.45, 2.75) is 32.2 Å². The van der Waals surface area contributed by atoms with Crippen LogP contribution in [0.5, 0.6) is 17.2 Å². The Hall–Kier alpha value is -3.26. The summed E-state index contributed by atoms with van der Waals surface area (Å²) in [5.41, 5.74) is 1.86. The second kappa shape index (κ2) is 12.6. The lowest BCUT2D eigenvalue weighted by Crippen LogP contribution is -2.39. The number of carbonyl (C=O) groups is 2. The minimum absolute atomic E-state index is 0.0194. The maximum Gasteiger partial charge on any atom is 0.311 e. The second-order valence-corrected chi connectivity index (χ2v) is 8.96. The Morgan fingerprint density at radius 2 is 1.61 bits per heavy atom. The largest absolute Gasteiger partial charge is 0.497 e. The fourth-order valence-electron chi connectivity index (χ4n) is 4.99. The maximum atomic E-state index is 13.5. The first-order valence-corrected chi connectivity index (χ1v) is 12.4. The highest BCUT2D eigenvalue weighted by molar-refractivity contribution is 5.79. The molecular formula is C28H38N2O6. The first-order chi connectivity index (χ1) is 17.4. The molecule has 1 aliphatic heterocycles. The number of hydrogen-bond acceptors (Lipinski definition) is 7. The third-order valence-electron chi connectivity index (χ3n) is 6.77. The number of esters is 1. The molecule has 0 spiro atoms. The monoisotopic (exact) mass is 498 g/mol. The second-order valence-electron chi connectivity index (χ2n) is 8.96. The zero-order valence-corrected chi connectivity index (χ0v) is 22.2. The lowest BCUT2D eigenvalue weighted by molar-refractivity contribution is -0.149. The lowest BCUT2D eigenvalue weighted by atomic mass is 9.82. The molecule has 0 saturated carbocycles. The van der Waals surface area contributed by atoms with Gasteiger partial charge in [-0.3, -0.25) is 14.5 Å². The molecule has 1 aliphatic rings. The van der Waals surface area contributed by atoms with E-state index in [1.165, 1.54) is 0 Å². The zero-order valence-electron chi connectivity index (χ0n) is 22.2. The molecule has 196 valence electrons. The van der Waals surface area contributed by atoms with Crippen molar-refractivity contribution in [1.82, 2.24) is 9.80 Å². The van der Waals surface area contributed by atoms with E-state index >= 15 is 0 Å². The van der Waals surface area contributed by atoms with E-state index in [1.54, 1.807) is 26.2 Å². The number of amides is 1. The minimum atomic E-state index is -0.513. The average Bonchev–Trinajstić information content (AvgIpc) is 3.27. The number of benzene rings is 2. The molecule has 36 heavy (non-hydrogen) atoms. The van der Waals surface area contributed by atoms with Gasteiger partial charge in [0, 0.05) is 32.1 Å². The van der Waals surface area contributed by atoms with Crippen LogP contribution in [0.4, 0.5) is 0 Å². The Labute approximate surface area is 214 Å². The number of ether oxygens (including phenoxy) is 4. The van der Waals surface area contributed by atoms with E-state index in [9.17, 15) is 9.59 Å². The number of likely N-dealkylation sites (tertiary alicyclic amines) is 1. The summed E-state index contributed by atoms with van der Waals surface area (Å²) in [6.07, 6.45) is 0.879. The summed E-state index contributed by atoms with van der Waals surface area (Å²) in [7, 11) is 6.62. The van der Waals surface area contributed by atoms with Crippen LogP contribution in [0, 0.1) is 5.92 Å². The number of methoxy groups -OCH3 is 3. The van der Waals surface area contributed by atoms with Gasteiger partial charge < -0.3 is 23.8 Å². The van der Waals surface area contributed by atoms with Gasteiger partial charge in [-0.15, -0.1) is 0 Å². The first-order valence-electron chi connectivity index (χ1n) is 12.4. The van der Waals surface area contributed by atoms with E-state index in [0.717, 1.165) is 23.3 Å². The Kier molecular flexibility index (Phi) is 9.58. The van der Waals surface area contributed by atoms with Crippen molar-refractivity contribution in [3.05, 3.63) is 53.6 Å². The predicted molar refractivity (Wildman–Crippen MR) is 138 cm³/mol. The first kappa shape index (κ1) is 27.3. The standard InChI is InChI=1S/C28H38N2O6/c1-7-15-29(3)25(31)18-30-17-22(20-11-14-23(34-5)24(16-20)35-6)26(28(32)36-8-2)27(30)19-9-12-21(33-4)13-10-19/h9-14,16,22,26-27H,7-8,15,17-18H2,1-6H3/t22-,26-,27+/m1/s1. The summed E-state index contributed by atoms with van der Waals surface area (Å²) in [5, 5.41) is 0. The van der Waals surface area contributed by atoms with E-state index < -0.39 is 5.92 Å². The van der Waals surface area contributed by atoms with Crippen LogP contribution in [0.1, 0.15) is 43.4 Å². The van der Waals surface area contributed by atoms with Crippen molar-refractivity contribution in [1.29, 1.82) is 0 Å². The number of rotatable bonds is 11. The van der Waals surface area contributed by atoms with Gasteiger partial charge in [0.15, 0.2) is 11.5 Å². The van der Waals surface area contributed by atoms with Gasteiger partial charge in [0.1, 0.15) is 5.75 Å². The van der Waals surface area contributed by atoms with Crippen LogP contribution in [-0.4, -0.2) is 76.3 Å². The summed E-state index contributed by atoms with van der Waals surface area (Å²) >= 11 is 0. The molecule has 2 aromatic carbocycles. The minimum Gasteiger partial charge on any atom is -0.497 e. The summed E-state index contributed by atoms with van der Waals surface area (Å²) in [5.74, 6) is 0.954. The Morgan fingerprint density at radius 1 is 0.944 bits per heavy atom. The summed E-state index contributed by atoms with van der Waals surface area (Å²) in [4.78, 5) is 30.4. The third kappa shape index (κ3) is 5.93. The van der Waals surface area contributed by atoms with Gasteiger partial charge in [-0.2, -0.15) is 0 Å². The molecule has 1 heterocycles. The lowest BCUT2D eigenvalue weighted by Gasteiger charge is -2.29. The number of likely N-dealkylation sites (N-methyl/N-ethyl adjacent to an activating group) is 1. The van der Waals surface area contributed by atoms with E-state index in [-0.39, 0.29) is 37.0 Å². The van der Waals surface area contributed by atoms with Crippen LogP contribution in [0.3, 0.4) is 0 Å². The van der Waals surface area contributed by atoms with Crippen molar-refractivity contribution in [3.8, 4) is 17.2 Å². The molecule has 1 amide bonds. The van der Waals surface area contributed by atoms with E-state index in [2.05, 4.69) is 4.90 Å². The van der Waals surface area contributed by atoms with E-state index in [1.807, 2.05) is 63.4 Å². The molecule has 1 fully saturated rings. The highest BCUT2D eigenvalue weighted by Crippen LogP contribution is 2.47. The molecule has 0 aliphatic carbocycles. The van der Waals surface area contributed by atoms with Gasteiger partial charge in [0.2, 0.25) is 5.91 Å². The molecule has 2 aromatic rings. The van der Waals surface area contributed by atoms with Gasteiger partial charge >= 0.3 is 5.97 Å². The van der Waals surface area contributed by atoms with Gasteiger partial charge in [-0.25, -0.2) is 0 Å². The molecule has 1 saturated heterocycles. The smallest absolute Gasteiger partial charge is 0.311 e. The summed E-state index contributed by atoms with van der Waals surface area (Å²) in [6.45, 7) is 5.53. The van der Waals surface area contributed by atoms with Crippen molar-refractivity contribution >= 4 is 11.9 Å². The van der Waals surface area contributed by atoms with Crippen LogP contribution in [0.2, 0.25) is 0 Å². The van der Waals surface area contributed by atoms with Crippen LogP contribution in [-0.2, 0) is 14.3 Å². The third-order valence-corrected chi connectivity index (χ3v) is 6.77. The van der Waals surface area contributed by atoms with Crippen molar-refractivity contribution in [2.75, 3.05) is 54.6 Å². The van der Waals surface area contributed by atoms with E-state index in [4.69, 9.17) is 18.9 Å². The van der Waals surface area contributed by atoms with Crippen LogP contribution in [0.15, 0.2) is 42.5 Å². The molecule has 0 bridgehead atoms. The topological polar surface area (TPSA) is 77.5 Å². The van der Waals surface area contributed by atoms with Gasteiger partial charge in [0.25, 0.3) is 0 Å². The Morgan fingerprint density at radius 3 is 2.19 bits per heavy atom. The molecular weight excluding hydrogens is 460 g/mol. The predicted octanol–water partition coefficient (Wildman–Crippen LogP) is 3.90. The highest BCUT2D eigenvalue weighted by Gasteiger charge is 2.48. The molecule has 8 heteroatoms. The highest BCUT2D eigenvalue weighted by atomic mass is 16.5. The van der Waals surface area contributed by atoms with E-state index in [0.29, 0.717) is 24.6 Å². The molecule has 3 atom stereocenters. The molecule has 3 rings (SSSR count). The molecule has 0 N–H and O–H groups in total. The van der Waals surface area contributed by atoms with Crippen LogP contribution >= 0.6 is 0 Å². The molecule has 0 radical (unpaired) electrons. The Balaban J connectivity index is 2.08. The molecule has 8 nitrogen and oxygen atoms in total. The fourth-order valence-corrected chi connectivity index (χ4v) is 4.99. The van der Waals surface area contributed by atoms with Gasteiger partial charge in [-0.1, -0.05) is 25.1 Å². The number of carbonyl (C=O) groups excluding carboxylic acids is 2. The van der Waals surface area contributed by atoms with Gasteiger partial charge in [0.05, 0.1) is 40.4 Å². The molecule has 0 aromatic heterocycles. The van der Waals surface area contributed by atoms with Crippen LogP contribution in [0.25, 0.3) is 0 Å². The normalized spacial score (nSPS) is 19.6. The zero-order chi connectivity index (χ0) is 26.2. The van der Waals surface area contributed by atoms with Gasteiger partial charge in [-0.05, 0) is 48.7 Å². The number of nitrogens with zero attached hydrogens (tertiary/aromatic N) is 2. The molecule has 0 unspecified atom stereocenters. The van der Waals surface area contributed by atoms with Crippen LogP contribution < -0.4 is 14.2 Å².